The van der Waals surface area contributed by atoms with Crippen molar-refractivity contribution in [2.75, 3.05) is 24.6 Å². The van der Waals surface area contributed by atoms with E-state index in [-0.39, 0.29) is 5.91 Å². The molecule has 0 aromatic heterocycles. The van der Waals surface area contributed by atoms with E-state index >= 15 is 0 Å². The van der Waals surface area contributed by atoms with Crippen LogP contribution in [0.5, 0.6) is 0 Å². The van der Waals surface area contributed by atoms with Crippen LogP contribution in [0.4, 0.5) is 0 Å². The van der Waals surface area contributed by atoms with Crippen molar-refractivity contribution < 1.29 is 4.79 Å². The van der Waals surface area contributed by atoms with Gasteiger partial charge in [-0.3, -0.25) is 4.79 Å². The van der Waals surface area contributed by atoms with Crippen LogP contribution in [0, 0.1) is 5.41 Å². The number of nitrogens with two attached hydrogens (primary N) is 1. The lowest BCUT2D eigenvalue weighted by molar-refractivity contribution is -0.125. The fourth-order valence-corrected chi connectivity index (χ4v) is 4.78. The molecule has 4 nitrogen and oxygen atoms in total. The second-order valence-corrected chi connectivity index (χ2v) is 6.80. The normalized spacial score (nSPS) is 26.9. The van der Waals surface area contributed by atoms with Gasteiger partial charge in [-0.2, -0.15) is 11.8 Å². The Balaban J connectivity index is 2.40. The molecular formula is C14H23N3OS2. The van der Waals surface area contributed by atoms with E-state index in [9.17, 15) is 4.79 Å². The molecule has 0 fully saturated rings. The summed E-state index contributed by atoms with van der Waals surface area (Å²) in [7, 11) is 0. The zero-order chi connectivity index (χ0) is 14.8. The van der Waals surface area contributed by atoms with Gasteiger partial charge in [-0.05, 0) is 37.6 Å². The van der Waals surface area contributed by atoms with Gasteiger partial charge in [0.2, 0.25) is 5.91 Å². The molecule has 0 unspecified atom stereocenters. The summed E-state index contributed by atoms with van der Waals surface area (Å²) in [6, 6.07) is 0. The minimum absolute atomic E-state index is 0.223. The van der Waals surface area contributed by atoms with Crippen LogP contribution in [-0.2, 0) is 4.79 Å². The van der Waals surface area contributed by atoms with Crippen LogP contribution in [0.1, 0.15) is 33.1 Å². The number of hydrogen-bond donors (Lipinski definition) is 2. The van der Waals surface area contributed by atoms with E-state index in [0.717, 1.165) is 54.7 Å². The van der Waals surface area contributed by atoms with Gasteiger partial charge in [0.05, 0.1) is 5.41 Å². The second kappa shape index (κ2) is 6.35. The molecule has 2 aliphatic rings. The Hall–Kier alpha value is -0.750. The zero-order valence-electron chi connectivity index (χ0n) is 12.2. The topological polar surface area (TPSA) is 58.4 Å². The van der Waals surface area contributed by atoms with E-state index in [1.54, 1.807) is 0 Å². The van der Waals surface area contributed by atoms with Gasteiger partial charge in [0.1, 0.15) is 0 Å². The van der Waals surface area contributed by atoms with Crippen molar-refractivity contribution in [2.24, 2.45) is 11.1 Å². The second-order valence-electron chi connectivity index (χ2n) is 5.43. The number of thiocarbonyl (C=S) groups is 1. The molecule has 0 bridgehead atoms. The van der Waals surface area contributed by atoms with Gasteiger partial charge in [0.15, 0.2) is 5.11 Å². The van der Waals surface area contributed by atoms with E-state index in [4.69, 9.17) is 18.0 Å². The predicted molar refractivity (Wildman–Crippen MR) is 88.5 cm³/mol. The minimum Gasteiger partial charge on any atom is -0.369 e. The van der Waals surface area contributed by atoms with Gasteiger partial charge in [0, 0.05) is 30.3 Å². The molecule has 2 heterocycles. The maximum Gasteiger partial charge on any atom is 0.230 e. The monoisotopic (exact) mass is 313 g/mol. The van der Waals surface area contributed by atoms with Crippen molar-refractivity contribution in [2.45, 2.75) is 33.1 Å². The number of carbonyl (C=O) groups excluding carboxylic acids is 1. The van der Waals surface area contributed by atoms with Crippen molar-refractivity contribution >= 4 is 35.0 Å². The molecule has 0 aliphatic carbocycles. The summed E-state index contributed by atoms with van der Waals surface area (Å²) in [5.74, 6) is 1.51. The molecule has 2 aliphatic heterocycles. The van der Waals surface area contributed by atoms with Crippen molar-refractivity contribution in [3.63, 3.8) is 0 Å². The average molecular weight is 313 g/mol. The predicted octanol–water partition coefficient (Wildman–Crippen LogP) is 1.86. The molecule has 1 amide bonds. The molecule has 3 N–H and O–H groups in total. The van der Waals surface area contributed by atoms with Crippen LogP contribution in [-0.4, -0.2) is 40.5 Å². The molecule has 0 saturated heterocycles. The number of nitrogens with zero attached hydrogens (tertiary/aromatic N) is 1. The minimum atomic E-state index is -0.569. The number of hydrogen-bond acceptors (Lipinski definition) is 3. The van der Waals surface area contributed by atoms with Gasteiger partial charge >= 0.3 is 0 Å². The third-order valence-corrected chi connectivity index (χ3v) is 5.80. The van der Waals surface area contributed by atoms with Crippen LogP contribution in [0.25, 0.3) is 0 Å². The summed E-state index contributed by atoms with van der Waals surface area (Å²) in [4.78, 5) is 14.3. The van der Waals surface area contributed by atoms with E-state index < -0.39 is 5.41 Å². The van der Waals surface area contributed by atoms with Crippen LogP contribution in [0.3, 0.4) is 0 Å². The lowest BCUT2D eigenvalue weighted by Gasteiger charge is -2.38. The highest BCUT2D eigenvalue weighted by molar-refractivity contribution is 7.99. The van der Waals surface area contributed by atoms with Crippen LogP contribution in [0.2, 0.25) is 0 Å². The molecule has 2 rings (SSSR count). The average Bonchev–Trinajstić information content (AvgIpc) is 2.58. The third kappa shape index (κ3) is 2.68. The van der Waals surface area contributed by atoms with Gasteiger partial charge in [-0.25, -0.2) is 0 Å². The smallest absolute Gasteiger partial charge is 0.230 e. The zero-order valence-corrected chi connectivity index (χ0v) is 13.8. The maximum atomic E-state index is 12.2. The molecule has 0 spiro atoms. The number of rotatable bonds is 4. The summed E-state index contributed by atoms with van der Waals surface area (Å²) in [6.07, 6.45) is 2.68. The van der Waals surface area contributed by atoms with E-state index in [0.29, 0.717) is 0 Å². The van der Waals surface area contributed by atoms with Crippen molar-refractivity contribution in [3.8, 4) is 0 Å². The van der Waals surface area contributed by atoms with E-state index in [1.807, 2.05) is 11.8 Å². The Morgan fingerprint density at radius 1 is 1.55 bits per heavy atom. The van der Waals surface area contributed by atoms with Gasteiger partial charge < -0.3 is 16.0 Å². The quantitative estimate of drug-likeness (QED) is 0.776. The van der Waals surface area contributed by atoms with Gasteiger partial charge in [0.25, 0.3) is 0 Å². The number of nitrogens with one attached hydrogen (secondary N) is 1. The number of amides is 1. The highest BCUT2D eigenvalue weighted by Gasteiger charge is 2.44. The van der Waals surface area contributed by atoms with Crippen LogP contribution < -0.4 is 11.1 Å². The van der Waals surface area contributed by atoms with Crippen LogP contribution in [0.15, 0.2) is 11.3 Å². The summed E-state index contributed by atoms with van der Waals surface area (Å²) in [6.45, 7) is 6.00. The first-order valence-electron chi connectivity index (χ1n) is 7.21. The molecule has 0 radical (unpaired) electrons. The standard InChI is InChI=1S/C14H23N3OS2/c1-3-6-14(12(15)18)9-20-8-10-5-7-17(4-2)13(19)16-11(10)14/h3-9H2,1-2H3,(H2,15,18)(H,16,19)/t14-/m1/s1. The summed E-state index contributed by atoms with van der Waals surface area (Å²) >= 11 is 7.29. The highest BCUT2D eigenvalue weighted by Crippen LogP contribution is 2.43. The lowest BCUT2D eigenvalue weighted by Crippen LogP contribution is -2.49. The van der Waals surface area contributed by atoms with Crippen molar-refractivity contribution in [1.82, 2.24) is 10.2 Å². The van der Waals surface area contributed by atoms with Crippen LogP contribution >= 0.6 is 24.0 Å². The molecule has 0 aromatic carbocycles. The molecule has 112 valence electrons. The molecular weight excluding hydrogens is 290 g/mol. The maximum absolute atomic E-state index is 12.2. The molecule has 20 heavy (non-hydrogen) atoms. The van der Waals surface area contributed by atoms with E-state index in [1.165, 1.54) is 5.57 Å². The number of thioether (sulfide) groups is 1. The summed E-state index contributed by atoms with van der Waals surface area (Å²) < 4.78 is 0. The molecule has 0 saturated carbocycles. The van der Waals surface area contributed by atoms with Crippen molar-refractivity contribution in [3.05, 3.63) is 11.3 Å². The molecule has 0 aromatic rings. The SMILES string of the molecule is CCC[C@@]1(C(N)=O)CSCC2=C1NC(=S)N(CC)CC2. The fraction of sp³-hybridized carbons (Fsp3) is 0.714. The third-order valence-electron chi connectivity index (χ3n) is 4.19. The highest BCUT2D eigenvalue weighted by atomic mass is 32.2. The lowest BCUT2D eigenvalue weighted by atomic mass is 9.78. The fourth-order valence-electron chi connectivity index (χ4n) is 3.04. The molecule has 6 heteroatoms. The Labute approximate surface area is 130 Å². The van der Waals surface area contributed by atoms with Crippen molar-refractivity contribution in [1.29, 1.82) is 0 Å². The Morgan fingerprint density at radius 3 is 2.90 bits per heavy atom. The Kier molecular flexibility index (Phi) is 4.96. The largest absolute Gasteiger partial charge is 0.369 e. The summed E-state index contributed by atoms with van der Waals surface area (Å²) in [5, 5.41) is 4.09. The van der Waals surface area contributed by atoms with E-state index in [2.05, 4.69) is 24.1 Å². The first-order valence-corrected chi connectivity index (χ1v) is 8.77. The van der Waals surface area contributed by atoms with Gasteiger partial charge in [-0.15, -0.1) is 0 Å². The first kappa shape index (κ1) is 15.6. The summed E-state index contributed by atoms with van der Waals surface area (Å²) in [5.41, 5.74) is 7.52. The number of primary amides is 1. The van der Waals surface area contributed by atoms with Gasteiger partial charge in [-0.1, -0.05) is 13.3 Å². The first-order chi connectivity index (χ1) is 9.55. The number of carbonyl (C=O) groups is 1. The Morgan fingerprint density at radius 2 is 2.30 bits per heavy atom. The Bertz CT molecular complexity index is 450. The molecule has 1 atom stereocenters.